The van der Waals surface area contributed by atoms with Crippen molar-refractivity contribution in [2.75, 3.05) is 6.54 Å². The first-order chi connectivity index (χ1) is 8.93. The van der Waals surface area contributed by atoms with Gasteiger partial charge in [-0.05, 0) is 36.6 Å². The average Bonchev–Trinajstić information content (AvgIpc) is 2.33. The Morgan fingerprint density at radius 1 is 1.21 bits per heavy atom. The van der Waals surface area contributed by atoms with E-state index in [9.17, 15) is 9.90 Å². The molecule has 0 radical (unpaired) electrons. The minimum Gasteiger partial charge on any atom is -0.481 e. The van der Waals surface area contributed by atoms with Crippen molar-refractivity contribution in [3.05, 3.63) is 33.8 Å². The molecule has 5 heteroatoms. The third-order valence-corrected chi connectivity index (χ3v) is 3.96. The lowest BCUT2D eigenvalue weighted by Gasteiger charge is -2.27. The maximum Gasteiger partial charge on any atom is 0.310 e. The standard InChI is InChI=1S/C14H19Cl2NO2/c1-3-14(4-2,13(18)19)9-17-8-10-5-11(15)7-12(16)6-10/h5-7,17H,3-4,8-9H2,1-2H3,(H,18,19). The molecule has 0 aliphatic carbocycles. The highest BCUT2D eigenvalue weighted by molar-refractivity contribution is 6.34. The molecule has 0 saturated carbocycles. The minimum atomic E-state index is -0.755. The van der Waals surface area contributed by atoms with E-state index in [2.05, 4.69) is 5.32 Å². The fraction of sp³-hybridized carbons (Fsp3) is 0.500. The summed E-state index contributed by atoms with van der Waals surface area (Å²) < 4.78 is 0. The number of hydrogen-bond donors (Lipinski definition) is 2. The molecule has 106 valence electrons. The number of carboxylic acid groups (broad SMARTS) is 1. The first-order valence-electron chi connectivity index (χ1n) is 6.32. The highest BCUT2D eigenvalue weighted by atomic mass is 35.5. The van der Waals surface area contributed by atoms with Crippen LogP contribution in [-0.2, 0) is 11.3 Å². The molecule has 0 fully saturated rings. The Labute approximate surface area is 123 Å². The lowest BCUT2D eigenvalue weighted by Crippen LogP contribution is -2.40. The number of aliphatic carboxylic acids is 1. The largest absolute Gasteiger partial charge is 0.481 e. The number of carbonyl (C=O) groups is 1. The Kier molecular flexibility index (Phi) is 6.11. The highest BCUT2D eigenvalue weighted by Gasteiger charge is 2.34. The van der Waals surface area contributed by atoms with Crippen molar-refractivity contribution in [3.8, 4) is 0 Å². The number of halogens is 2. The molecule has 0 saturated heterocycles. The zero-order chi connectivity index (χ0) is 14.5. The molecule has 0 amide bonds. The van der Waals surface area contributed by atoms with Gasteiger partial charge in [0.1, 0.15) is 0 Å². The molecule has 0 heterocycles. The average molecular weight is 304 g/mol. The van der Waals surface area contributed by atoms with Crippen molar-refractivity contribution in [2.24, 2.45) is 5.41 Å². The Balaban J connectivity index is 2.64. The van der Waals surface area contributed by atoms with E-state index in [1.54, 1.807) is 6.07 Å². The topological polar surface area (TPSA) is 49.3 Å². The van der Waals surface area contributed by atoms with E-state index in [0.29, 0.717) is 36.0 Å². The first kappa shape index (κ1) is 16.3. The van der Waals surface area contributed by atoms with Gasteiger partial charge in [0.2, 0.25) is 0 Å². The summed E-state index contributed by atoms with van der Waals surface area (Å²) in [5.74, 6) is -0.755. The predicted molar refractivity (Wildman–Crippen MR) is 78.8 cm³/mol. The Bertz CT molecular complexity index is 425. The van der Waals surface area contributed by atoms with Crippen molar-refractivity contribution in [3.63, 3.8) is 0 Å². The SMILES string of the molecule is CCC(CC)(CNCc1cc(Cl)cc(Cl)c1)C(=O)O. The maximum absolute atomic E-state index is 11.4. The second-order valence-electron chi connectivity index (χ2n) is 4.67. The molecule has 0 bridgehead atoms. The molecule has 1 aromatic rings. The van der Waals surface area contributed by atoms with Gasteiger partial charge in [0.05, 0.1) is 5.41 Å². The third-order valence-electron chi connectivity index (χ3n) is 3.52. The van der Waals surface area contributed by atoms with Gasteiger partial charge >= 0.3 is 5.97 Å². The first-order valence-corrected chi connectivity index (χ1v) is 7.08. The van der Waals surface area contributed by atoms with Crippen molar-refractivity contribution >= 4 is 29.2 Å². The molecule has 19 heavy (non-hydrogen) atoms. The number of hydrogen-bond acceptors (Lipinski definition) is 2. The van der Waals surface area contributed by atoms with Crippen molar-refractivity contribution in [1.82, 2.24) is 5.32 Å². The summed E-state index contributed by atoms with van der Waals surface area (Å²) in [6.45, 7) is 4.78. The summed E-state index contributed by atoms with van der Waals surface area (Å²) in [5, 5.41) is 13.7. The molecule has 2 N–H and O–H groups in total. The molecule has 0 aliphatic heterocycles. The van der Waals surface area contributed by atoms with Crippen LogP contribution in [0.3, 0.4) is 0 Å². The van der Waals surface area contributed by atoms with Crippen LogP contribution in [0.2, 0.25) is 10.0 Å². The lowest BCUT2D eigenvalue weighted by molar-refractivity contribution is -0.149. The number of rotatable bonds is 7. The van der Waals surface area contributed by atoms with Gasteiger partial charge in [0.25, 0.3) is 0 Å². The Morgan fingerprint density at radius 2 is 1.74 bits per heavy atom. The van der Waals surface area contributed by atoms with Crippen LogP contribution >= 0.6 is 23.2 Å². The molecular weight excluding hydrogens is 285 g/mol. The van der Waals surface area contributed by atoms with Crippen molar-refractivity contribution < 1.29 is 9.90 Å². The van der Waals surface area contributed by atoms with E-state index in [0.717, 1.165) is 5.56 Å². The third kappa shape index (κ3) is 4.37. The summed E-state index contributed by atoms with van der Waals surface area (Å²) in [4.78, 5) is 11.4. The van der Waals surface area contributed by atoms with Crippen LogP contribution in [0, 0.1) is 5.41 Å². The van der Waals surface area contributed by atoms with E-state index >= 15 is 0 Å². The van der Waals surface area contributed by atoms with Crippen LogP contribution in [0.15, 0.2) is 18.2 Å². The summed E-state index contributed by atoms with van der Waals surface area (Å²) in [7, 11) is 0. The molecule has 0 atom stereocenters. The lowest BCUT2D eigenvalue weighted by atomic mass is 9.82. The van der Waals surface area contributed by atoms with Gasteiger partial charge in [0, 0.05) is 23.1 Å². The van der Waals surface area contributed by atoms with Gasteiger partial charge in [-0.2, -0.15) is 0 Å². The number of nitrogens with one attached hydrogen (secondary N) is 1. The Hall–Kier alpha value is -0.770. The molecule has 0 aromatic heterocycles. The fourth-order valence-electron chi connectivity index (χ4n) is 2.04. The monoisotopic (exact) mass is 303 g/mol. The van der Waals surface area contributed by atoms with Gasteiger partial charge in [-0.1, -0.05) is 37.0 Å². The second kappa shape index (κ2) is 7.13. The quantitative estimate of drug-likeness (QED) is 0.801. The summed E-state index contributed by atoms with van der Waals surface area (Å²) >= 11 is 11.8. The van der Waals surface area contributed by atoms with E-state index in [-0.39, 0.29) is 0 Å². The van der Waals surface area contributed by atoms with Crippen LogP contribution in [-0.4, -0.2) is 17.6 Å². The van der Waals surface area contributed by atoms with Gasteiger partial charge in [-0.15, -0.1) is 0 Å². The van der Waals surface area contributed by atoms with E-state index in [1.807, 2.05) is 26.0 Å². The fourth-order valence-corrected chi connectivity index (χ4v) is 2.61. The minimum absolute atomic E-state index is 0.430. The zero-order valence-electron chi connectivity index (χ0n) is 11.2. The van der Waals surface area contributed by atoms with E-state index in [1.165, 1.54) is 0 Å². The summed E-state index contributed by atoms with van der Waals surface area (Å²) in [6.07, 6.45) is 1.20. The number of carboxylic acids is 1. The smallest absolute Gasteiger partial charge is 0.310 e. The zero-order valence-corrected chi connectivity index (χ0v) is 12.7. The highest BCUT2D eigenvalue weighted by Crippen LogP contribution is 2.26. The normalized spacial score (nSPS) is 11.6. The van der Waals surface area contributed by atoms with Crippen molar-refractivity contribution in [2.45, 2.75) is 33.2 Å². The van der Waals surface area contributed by atoms with Crippen LogP contribution < -0.4 is 5.32 Å². The number of benzene rings is 1. The van der Waals surface area contributed by atoms with E-state index < -0.39 is 11.4 Å². The van der Waals surface area contributed by atoms with Crippen LogP contribution in [0.25, 0.3) is 0 Å². The molecule has 0 unspecified atom stereocenters. The Morgan fingerprint density at radius 3 is 2.16 bits per heavy atom. The van der Waals surface area contributed by atoms with Gasteiger partial charge in [-0.25, -0.2) is 0 Å². The van der Waals surface area contributed by atoms with Gasteiger partial charge in [-0.3, -0.25) is 4.79 Å². The predicted octanol–water partition coefficient (Wildman–Crippen LogP) is 3.97. The summed E-state index contributed by atoms with van der Waals surface area (Å²) in [5.41, 5.74) is 0.242. The molecule has 0 spiro atoms. The van der Waals surface area contributed by atoms with Crippen molar-refractivity contribution in [1.29, 1.82) is 0 Å². The van der Waals surface area contributed by atoms with Gasteiger partial charge < -0.3 is 10.4 Å². The molecule has 0 aliphatic rings. The van der Waals surface area contributed by atoms with Crippen LogP contribution in [0.5, 0.6) is 0 Å². The molecule has 1 rings (SSSR count). The molecule has 1 aromatic carbocycles. The summed E-state index contributed by atoms with van der Waals surface area (Å²) in [6, 6.07) is 5.31. The maximum atomic E-state index is 11.4. The van der Waals surface area contributed by atoms with Crippen LogP contribution in [0.1, 0.15) is 32.3 Å². The van der Waals surface area contributed by atoms with Crippen LogP contribution in [0.4, 0.5) is 0 Å². The van der Waals surface area contributed by atoms with Gasteiger partial charge in [0.15, 0.2) is 0 Å². The van der Waals surface area contributed by atoms with E-state index in [4.69, 9.17) is 23.2 Å². The molecular formula is C14H19Cl2NO2. The molecule has 3 nitrogen and oxygen atoms in total. The second-order valence-corrected chi connectivity index (χ2v) is 5.55.